The smallest absolute Gasteiger partial charge is 0.156 e. The van der Waals surface area contributed by atoms with Gasteiger partial charge in [-0.2, -0.15) is 0 Å². The molecule has 0 aliphatic carbocycles. The van der Waals surface area contributed by atoms with Crippen LogP contribution in [0.25, 0.3) is 0 Å². The Labute approximate surface area is 74.7 Å². The molecular weight excluding hydrogens is 208 g/mol. The summed E-state index contributed by atoms with van der Waals surface area (Å²) in [6.07, 6.45) is 2.47. The van der Waals surface area contributed by atoms with Gasteiger partial charge in [0.05, 0.1) is 10.9 Å². The molecule has 3 heteroatoms. The van der Waals surface area contributed by atoms with Crippen LogP contribution in [-0.4, -0.2) is 16.7 Å². The largest absolute Gasteiger partial charge is 0.496 e. The summed E-state index contributed by atoms with van der Waals surface area (Å²) in [7, 11) is 0. The second-order valence-electron chi connectivity index (χ2n) is 2.92. The molecule has 62 valence electrons. The van der Waals surface area contributed by atoms with Gasteiger partial charge in [-0.05, 0) is 13.8 Å². The van der Waals surface area contributed by atoms with Crippen molar-refractivity contribution in [3.05, 3.63) is 11.8 Å². The molecule has 0 spiro atoms. The van der Waals surface area contributed by atoms with Gasteiger partial charge in [0.25, 0.3) is 0 Å². The number of ketones is 1. The molecule has 0 aromatic rings. The van der Waals surface area contributed by atoms with Crippen LogP contribution in [0.1, 0.15) is 20.3 Å². The molecule has 1 aliphatic heterocycles. The molecule has 0 N–H and O–H groups in total. The van der Waals surface area contributed by atoms with Gasteiger partial charge in [-0.25, -0.2) is 0 Å². The molecule has 1 heterocycles. The Morgan fingerprint density at radius 3 is 2.82 bits per heavy atom. The van der Waals surface area contributed by atoms with Crippen LogP contribution in [0.15, 0.2) is 11.8 Å². The lowest BCUT2D eigenvalue weighted by Gasteiger charge is -2.13. The molecule has 1 unspecified atom stereocenters. The van der Waals surface area contributed by atoms with Crippen molar-refractivity contribution < 1.29 is 9.53 Å². The van der Waals surface area contributed by atoms with E-state index < -0.39 is 0 Å². The lowest BCUT2D eigenvalue weighted by atomic mass is 10.1. The maximum Gasteiger partial charge on any atom is 0.156 e. The van der Waals surface area contributed by atoms with Crippen LogP contribution in [0.5, 0.6) is 0 Å². The van der Waals surface area contributed by atoms with Crippen LogP contribution in [0.3, 0.4) is 0 Å². The van der Waals surface area contributed by atoms with Gasteiger partial charge in [-0.1, -0.05) is 15.9 Å². The van der Waals surface area contributed by atoms with Gasteiger partial charge in [0.1, 0.15) is 5.76 Å². The van der Waals surface area contributed by atoms with Crippen LogP contribution in [0.2, 0.25) is 0 Å². The predicted molar refractivity (Wildman–Crippen MR) is 46.7 cm³/mol. The minimum atomic E-state index is -0.126. The molecule has 1 rings (SSSR count). The van der Waals surface area contributed by atoms with Crippen molar-refractivity contribution in [3.63, 3.8) is 0 Å². The summed E-state index contributed by atoms with van der Waals surface area (Å²) in [5.41, 5.74) is 0. The van der Waals surface area contributed by atoms with Crippen LogP contribution < -0.4 is 0 Å². The van der Waals surface area contributed by atoms with E-state index in [1.165, 1.54) is 6.92 Å². The van der Waals surface area contributed by atoms with Crippen LogP contribution in [0.4, 0.5) is 0 Å². The molecule has 0 bridgehead atoms. The fourth-order valence-electron chi connectivity index (χ4n) is 1.00. The van der Waals surface area contributed by atoms with Gasteiger partial charge in [0, 0.05) is 12.5 Å². The van der Waals surface area contributed by atoms with Gasteiger partial charge in [0.15, 0.2) is 5.78 Å². The minimum absolute atomic E-state index is 0.0348. The lowest BCUT2D eigenvalue weighted by molar-refractivity contribution is -0.112. The van der Waals surface area contributed by atoms with E-state index in [1.807, 2.05) is 6.92 Å². The van der Waals surface area contributed by atoms with Crippen molar-refractivity contribution in [1.29, 1.82) is 0 Å². The first-order chi connectivity index (χ1) is 5.02. The second-order valence-corrected chi connectivity index (χ2v) is 4.67. The Hall–Kier alpha value is -0.310. The number of hydrogen-bond donors (Lipinski definition) is 0. The highest BCUT2D eigenvalue weighted by Crippen LogP contribution is 2.36. The third-order valence-electron chi connectivity index (χ3n) is 1.68. The Morgan fingerprint density at radius 2 is 2.45 bits per heavy atom. The van der Waals surface area contributed by atoms with E-state index in [-0.39, 0.29) is 10.1 Å². The van der Waals surface area contributed by atoms with E-state index >= 15 is 0 Å². The molecule has 1 fully saturated rings. The van der Waals surface area contributed by atoms with Gasteiger partial charge in [-0.15, -0.1) is 0 Å². The maximum absolute atomic E-state index is 10.7. The highest BCUT2D eigenvalue weighted by molar-refractivity contribution is 9.10. The Morgan fingerprint density at radius 1 is 1.82 bits per heavy atom. The van der Waals surface area contributed by atoms with E-state index in [0.717, 1.165) is 12.2 Å². The maximum atomic E-state index is 10.7. The van der Waals surface area contributed by atoms with Crippen molar-refractivity contribution in [2.75, 3.05) is 6.61 Å². The van der Waals surface area contributed by atoms with Crippen LogP contribution in [-0.2, 0) is 9.53 Å². The van der Waals surface area contributed by atoms with E-state index in [4.69, 9.17) is 4.74 Å². The number of halogens is 1. The SMILES string of the molecule is CC(=O)/C=C1/OCCC1(C)Br. The summed E-state index contributed by atoms with van der Waals surface area (Å²) in [4.78, 5) is 10.7. The summed E-state index contributed by atoms with van der Waals surface area (Å²) in [5, 5.41) is 0. The first kappa shape index (κ1) is 8.78. The fraction of sp³-hybridized carbons (Fsp3) is 0.625. The quantitative estimate of drug-likeness (QED) is 0.498. The summed E-state index contributed by atoms with van der Waals surface area (Å²) in [5.74, 6) is 0.789. The van der Waals surface area contributed by atoms with E-state index in [9.17, 15) is 4.79 Å². The minimum Gasteiger partial charge on any atom is -0.496 e. The molecule has 1 atom stereocenters. The molecule has 0 aromatic carbocycles. The third kappa shape index (κ3) is 2.06. The third-order valence-corrected chi connectivity index (χ3v) is 2.46. The normalized spacial score (nSPS) is 33.9. The van der Waals surface area contributed by atoms with Crippen molar-refractivity contribution in [2.45, 2.75) is 24.6 Å². The summed E-state index contributed by atoms with van der Waals surface area (Å²) >= 11 is 3.49. The molecule has 1 saturated heterocycles. The molecule has 11 heavy (non-hydrogen) atoms. The van der Waals surface area contributed by atoms with Crippen molar-refractivity contribution >= 4 is 21.7 Å². The zero-order chi connectivity index (χ0) is 8.48. The summed E-state index contributed by atoms with van der Waals surface area (Å²) in [6.45, 7) is 4.23. The van der Waals surface area contributed by atoms with E-state index in [1.54, 1.807) is 6.08 Å². The number of hydrogen-bond acceptors (Lipinski definition) is 2. The standard InChI is InChI=1S/C8H11BrO2/c1-6(10)5-7-8(2,9)3-4-11-7/h5H,3-4H2,1-2H3/b7-5+. The molecular formula is C8H11BrO2. The zero-order valence-electron chi connectivity index (χ0n) is 6.69. The van der Waals surface area contributed by atoms with Crippen LogP contribution in [0, 0.1) is 0 Å². The number of carbonyl (C=O) groups is 1. The van der Waals surface area contributed by atoms with Gasteiger partial charge in [-0.3, -0.25) is 4.79 Å². The first-order valence-corrected chi connectivity index (χ1v) is 4.36. The average Bonchev–Trinajstić information content (AvgIpc) is 2.10. The molecule has 0 saturated carbocycles. The fourth-order valence-corrected chi connectivity index (χ4v) is 1.39. The molecule has 0 amide bonds. The van der Waals surface area contributed by atoms with Gasteiger partial charge >= 0.3 is 0 Å². The highest BCUT2D eigenvalue weighted by atomic mass is 79.9. The average molecular weight is 219 g/mol. The van der Waals surface area contributed by atoms with E-state index in [2.05, 4.69) is 15.9 Å². The highest BCUT2D eigenvalue weighted by Gasteiger charge is 2.33. The van der Waals surface area contributed by atoms with Crippen molar-refractivity contribution in [2.24, 2.45) is 0 Å². The lowest BCUT2D eigenvalue weighted by Crippen LogP contribution is -2.13. The first-order valence-electron chi connectivity index (χ1n) is 3.57. The Bertz CT molecular complexity index is 206. The predicted octanol–water partition coefficient (Wildman–Crippen LogP) is 2.03. The molecule has 1 aliphatic rings. The van der Waals surface area contributed by atoms with Gasteiger partial charge < -0.3 is 4.74 Å². The topological polar surface area (TPSA) is 26.3 Å². The number of ether oxygens (including phenoxy) is 1. The second kappa shape index (κ2) is 2.97. The summed E-state index contributed by atoms with van der Waals surface area (Å²) < 4.78 is 5.15. The monoisotopic (exact) mass is 218 g/mol. The van der Waals surface area contributed by atoms with Gasteiger partial charge in [0.2, 0.25) is 0 Å². The number of carbonyl (C=O) groups excluding carboxylic acids is 1. The summed E-state index contributed by atoms with van der Waals surface area (Å²) in [6, 6.07) is 0. The Kier molecular flexibility index (Phi) is 2.37. The van der Waals surface area contributed by atoms with Crippen LogP contribution >= 0.6 is 15.9 Å². The molecule has 2 nitrogen and oxygen atoms in total. The number of alkyl halides is 1. The molecule has 0 aromatic heterocycles. The zero-order valence-corrected chi connectivity index (χ0v) is 8.27. The Balaban J connectivity index is 2.80. The number of rotatable bonds is 1. The number of allylic oxidation sites excluding steroid dienone is 2. The van der Waals surface area contributed by atoms with Crippen molar-refractivity contribution in [3.8, 4) is 0 Å². The van der Waals surface area contributed by atoms with Crippen molar-refractivity contribution in [1.82, 2.24) is 0 Å². The van der Waals surface area contributed by atoms with E-state index in [0.29, 0.717) is 6.61 Å². The molecule has 0 radical (unpaired) electrons.